The number of aryl methyl sites for hydroxylation is 1. The highest BCUT2D eigenvalue weighted by Crippen LogP contribution is 2.33. The molecule has 0 fully saturated rings. The van der Waals surface area contributed by atoms with Gasteiger partial charge in [-0.1, -0.05) is 11.6 Å². The number of amides is 1. The molecule has 0 aliphatic heterocycles. The van der Waals surface area contributed by atoms with Gasteiger partial charge < -0.3 is 10.1 Å². The van der Waals surface area contributed by atoms with Gasteiger partial charge in [0.25, 0.3) is 5.91 Å². The van der Waals surface area contributed by atoms with Gasteiger partial charge in [-0.2, -0.15) is 0 Å². The van der Waals surface area contributed by atoms with Gasteiger partial charge in [0.2, 0.25) is 0 Å². The van der Waals surface area contributed by atoms with Crippen molar-refractivity contribution in [1.82, 2.24) is 20.3 Å². The van der Waals surface area contributed by atoms with Crippen LogP contribution in [0.2, 0.25) is 5.02 Å². The molecule has 25 heavy (non-hydrogen) atoms. The van der Waals surface area contributed by atoms with Crippen molar-refractivity contribution in [2.24, 2.45) is 0 Å². The standard InChI is InChI=1S/C17H15ClN4O2S/c1-10-22-16(11-3-4-14(24-2)12(18)7-11)15(25-10)9-21-17(23)13-8-19-5-6-20-13/h3-8H,9H2,1-2H3,(H,21,23). The highest BCUT2D eigenvalue weighted by atomic mass is 35.5. The molecule has 0 spiro atoms. The Balaban J connectivity index is 1.82. The second kappa shape index (κ2) is 7.58. The molecule has 0 saturated heterocycles. The normalized spacial score (nSPS) is 10.5. The van der Waals surface area contributed by atoms with E-state index in [1.165, 1.54) is 29.9 Å². The van der Waals surface area contributed by atoms with Crippen molar-refractivity contribution < 1.29 is 9.53 Å². The molecule has 0 bridgehead atoms. The molecule has 3 aromatic rings. The van der Waals surface area contributed by atoms with Crippen molar-refractivity contribution in [3.63, 3.8) is 0 Å². The van der Waals surface area contributed by atoms with Crippen molar-refractivity contribution in [2.75, 3.05) is 7.11 Å². The summed E-state index contributed by atoms with van der Waals surface area (Å²) in [7, 11) is 1.57. The van der Waals surface area contributed by atoms with Crippen LogP contribution in [0.25, 0.3) is 11.3 Å². The number of hydrogen-bond acceptors (Lipinski definition) is 6. The zero-order valence-corrected chi connectivity index (χ0v) is 15.2. The summed E-state index contributed by atoms with van der Waals surface area (Å²) in [4.78, 5) is 25.5. The maximum atomic E-state index is 12.1. The summed E-state index contributed by atoms with van der Waals surface area (Å²) in [6.45, 7) is 2.27. The molecule has 1 N–H and O–H groups in total. The fraction of sp³-hybridized carbons (Fsp3) is 0.176. The SMILES string of the molecule is COc1ccc(-c2nc(C)sc2CNC(=O)c2cnccn2)cc1Cl. The van der Waals surface area contributed by atoms with Crippen LogP contribution in [0.3, 0.4) is 0 Å². The molecule has 0 atom stereocenters. The molecule has 6 nitrogen and oxygen atoms in total. The third kappa shape index (κ3) is 3.94. The summed E-state index contributed by atoms with van der Waals surface area (Å²) in [5.41, 5.74) is 1.95. The zero-order valence-electron chi connectivity index (χ0n) is 13.6. The minimum atomic E-state index is -0.280. The molecule has 3 rings (SSSR count). The first-order valence-electron chi connectivity index (χ1n) is 7.43. The summed E-state index contributed by atoms with van der Waals surface area (Å²) < 4.78 is 5.18. The second-order valence-electron chi connectivity index (χ2n) is 5.13. The number of methoxy groups -OCH3 is 1. The fourth-order valence-electron chi connectivity index (χ4n) is 2.30. The van der Waals surface area contributed by atoms with Gasteiger partial charge in [-0.25, -0.2) is 9.97 Å². The largest absolute Gasteiger partial charge is 0.495 e. The number of hydrogen-bond donors (Lipinski definition) is 1. The number of ether oxygens (including phenoxy) is 1. The number of rotatable bonds is 5. The number of halogens is 1. The lowest BCUT2D eigenvalue weighted by molar-refractivity contribution is 0.0946. The van der Waals surface area contributed by atoms with E-state index in [4.69, 9.17) is 16.3 Å². The first-order valence-corrected chi connectivity index (χ1v) is 8.62. The van der Waals surface area contributed by atoms with Gasteiger partial charge in [0.1, 0.15) is 11.4 Å². The number of nitrogens with zero attached hydrogens (tertiary/aromatic N) is 3. The molecule has 0 aliphatic carbocycles. The number of nitrogens with one attached hydrogen (secondary N) is 1. The van der Waals surface area contributed by atoms with E-state index in [0.29, 0.717) is 17.3 Å². The Bertz CT molecular complexity index is 899. The Morgan fingerprint density at radius 3 is 2.88 bits per heavy atom. The van der Waals surface area contributed by atoms with Crippen LogP contribution in [-0.2, 0) is 6.54 Å². The van der Waals surface area contributed by atoms with Gasteiger partial charge in [-0.15, -0.1) is 11.3 Å². The van der Waals surface area contributed by atoms with Crippen LogP contribution in [0.1, 0.15) is 20.4 Å². The van der Waals surface area contributed by atoms with Crippen LogP contribution >= 0.6 is 22.9 Å². The lowest BCUT2D eigenvalue weighted by Gasteiger charge is -2.07. The summed E-state index contributed by atoms with van der Waals surface area (Å²) in [6, 6.07) is 5.50. The van der Waals surface area contributed by atoms with E-state index in [9.17, 15) is 4.79 Å². The van der Waals surface area contributed by atoms with E-state index in [0.717, 1.165) is 21.1 Å². The van der Waals surface area contributed by atoms with Gasteiger partial charge in [-0.3, -0.25) is 9.78 Å². The number of aromatic nitrogens is 3. The predicted octanol–water partition coefficient (Wildman–Crippen LogP) is 3.50. The van der Waals surface area contributed by atoms with Crippen LogP contribution in [0, 0.1) is 6.92 Å². The maximum absolute atomic E-state index is 12.1. The van der Waals surface area contributed by atoms with Crippen molar-refractivity contribution in [1.29, 1.82) is 0 Å². The lowest BCUT2D eigenvalue weighted by atomic mass is 10.1. The third-order valence-corrected chi connectivity index (χ3v) is 4.70. The average Bonchev–Trinajstić information content (AvgIpc) is 3.01. The highest BCUT2D eigenvalue weighted by Gasteiger charge is 2.15. The molecule has 128 valence electrons. The van der Waals surface area contributed by atoms with Crippen molar-refractivity contribution in [3.8, 4) is 17.0 Å². The van der Waals surface area contributed by atoms with Gasteiger partial charge >= 0.3 is 0 Å². The highest BCUT2D eigenvalue weighted by molar-refractivity contribution is 7.12. The fourth-order valence-corrected chi connectivity index (χ4v) is 3.45. The smallest absolute Gasteiger partial charge is 0.271 e. The maximum Gasteiger partial charge on any atom is 0.271 e. The van der Waals surface area contributed by atoms with E-state index in [2.05, 4.69) is 20.3 Å². The Labute approximate surface area is 153 Å². The van der Waals surface area contributed by atoms with E-state index in [-0.39, 0.29) is 11.6 Å². The molecule has 2 heterocycles. The van der Waals surface area contributed by atoms with Crippen LogP contribution in [-0.4, -0.2) is 28.0 Å². The van der Waals surface area contributed by atoms with E-state index in [1.54, 1.807) is 13.2 Å². The summed E-state index contributed by atoms with van der Waals surface area (Å²) >= 11 is 7.74. The van der Waals surface area contributed by atoms with Crippen molar-refractivity contribution in [2.45, 2.75) is 13.5 Å². The molecule has 1 aromatic carbocycles. The number of carbonyl (C=O) groups excluding carboxylic acids is 1. The van der Waals surface area contributed by atoms with E-state index in [1.807, 2.05) is 19.1 Å². The molecule has 2 aromatic heterocycles. The average molecular weight is 375 g/mol. The third-order valence-electron chi connectivity index (χ3n) is 3.43. The lowest BCUT2D eigenvalue weighted by Crippen LogP contribution is -2.23. The monoisotopic (exact) mass is 374 g/mol. The quantitative estimate of drug-likeness (QED) is 0.739. The van der Waals surface area contributed by atoms with E-state index < -0.39 is 0 Å². The molecule has 0 unspecified atom stereocenters. The minimum Gasteiger partial charge on any atom is -0.495 e. The van der Waals surface area contributed by atoms with E-state index >= 15 is 0 Å². The topological polar surface area (TPSA) is 77.0 Å². The van der Waals surface area contributed by atoms with Crippen LogP contribution in [0.15, 0.2) is 36.8 Å². The van der Waals surface area contributed by atoms with Gasteiger partial charge in [0, 0.05) is 18.0 Å². The summed E-state index contributed by atoms with van der Waals surface area (Å²) in [5.74, 6) is 0.327. The van der Waals surface area contributed by atoms with Gasteiger partial charge in [0.05, 0.1) is 40.5 Å². The Morgan fingerprint density at radius 2 is 2.20 bits per heavy atom. The molecule has 0 aliphatic rings. The Morgan fingerprint density at radius 1 is 1.36 bits per heavy atom. The molecule has 8 heteroatoms. The van der Waals surface area contributed by atoms with Crippen LogP contribution < -0.4 is 10.1 Å². The zero-order chi connectivity index (χ0) is 17.8. The number of thiazole rings is 1. The van der Waals surface area contributed by atoms with Gasteiger partial charge in [-0.05, 0) is 25.1 Å². The molecular formula is C17H15ClN4O2S. The predicted molar refractivity (Wildman–Crippen MR) is 97.1 cm³/mol. The molecule has 0 saturated carbocycles. The number of benzene rings is 1. The summed E-state index contributed by atoms with van der Waals surface area (Å²) in [5, 5.41) is 4.27. The van der Waals surface area contributed by atoms with Crippen LogP contribution in [0.5, 0.6) is 5.75 Å². The van der Waals surface area contributed by atoms with Gasteiger partial charge in [0.15, 0.2) is 0 Å². The summed E-state index contributed by atoms with van der Waals surface area (Å²) in [6.07, 6.45) is 4.43. The minimum absolute atomic E-state index is 0.276. The Hall–Kier alpha value is -2.51. The number of carbonyl (C=O) groups is 1. The van der Waals surface area contributed by atoms with Crippen LogP contribution in [0.4, 0.5) is 0 Å². The van der Waals surface area contributed by atoms with Crippen molar-refractivity contribution in [3.05, 3.63) is 57.4 Å². The second-order valence-corrected chi connectivity index (χ2v) is 6.82. The molecule has 1 amide bonds. The first kappa shape index (κ1) is 17.3. The Kier molecular flexibility index (Phi) is 5.25. The first-order chi connectivity index (χ1) is 12.1. The van der Waals surface area contributed by atoms with Crippen molar-refractivity contribution >= 4 is 28.8 Å². The molecular weight excluding hydrogens is 360 g/mol. The molecule has 0 radical (unpaired) electrons.